The van der Waals surface area contributed by atoms with Crippen molar-refractivity contribution in [1.82, 2.24) is 0 Å². The minimum atomic E-state index is -0.816. The van der Waals surface area contributed by atoms with Gasteiger partial charge in [0.05, 0.1) is 12.5 Å². The highest BCUT2D eigenvalue weighted by atomic mass is 16.5. The Labute approximate surface area is 106 Å². The predicted molar refractivity (Wildman–Crippen MR) is 68.9 cm³/mol. The standard InChI is InChI=1S/C14H17NO3/c1-10-4-2-3-5-11(10)8-12-9-18-13(15-12)6-7-14(16)17/h2-5,12H,6-9H2,1H3,(H,16,17). The Balaban J connectivity index is 1.92. The van der Waals surface area contributed by atoms with Crippen molar-refractivity contribution in [3.63, 3.8) is 0 Å². The van der Waals surface area contributed by atoms with Gasteiger partial charge in [-0.1, -0.05) is 24.3 Å². The molecule has 0 aliphatic carbocycles. The molecule has 0 spiro atoms. The first-order valence-electron chi connectivity index (χ1n) is 6.11. The number of rotatable bonds is 5. The Morgan fingerprint density at radius 2 is 2.28 bits per heavy atom. The maximum atomic E-state index is 10.5. The quantitative estimate of drug-likeness (QED) is 0.867. The van der Waals surface area contributed by atoms with E-state index < -0.39 is 5.97 Å². The topological polar surface area (TPSA) is 58.9 Å². The zero-order valence-electron chi connectivity index (χ0n) is 10.4. The molecule has 0 saturated carbocycles. The van der Waals surface area contributed by atoms with Crippen LogP contribution in [0.5, 0.6) is 0 Å². The molecule has 0 amide bonds. The molecule has 1 heterocycles. The number of benzene rings is 1. The van der Waals surface area contributed by atoms with Crippen LogP contribution in [0.4, 0.5) is 0 Å². The monoisotopic (exact) mass is 247 g/mol. The van der Waals surface area contributed by atoms with Crippen molar-refractivity contribution in [2.45, 2.75) is 32.2 Å². The lowest BCUT2D eigenvalue weighted by molar-refractivity contribution is -0.136. The second kappa shape index (κ2) is 5.67. The molecule has 0 aromatic heterocycles. The van der Waals surface area contributed by atoms with E-state index in [0.717, 1.165) is 6.42 Å². The molecule has 4 heteroatoms. The molecule has 0 radical (unpaired) electrons. The molecule has 2 rings (SSSR count). The van der Waals surface area contributed by atoms with Gasteiger partial charge in [-0.25, -0.2) is 4.99 Å². The Hall–Kier alpha value is -1.84. The van der Waals surface area contributed by atoms with Crippen molar-refractivity contribution in [3.8, 4) is 0 Å². The lowest BCUT2D eigenvalue weighted by atomic mass is 10.0. The minimum absolute atomic E-state index is 0.0793. The number of aliphatic carboxylic acids is 1. The average molecular weight is 247 g/mol. The summed E-state index contributed by atoms with van der Waals surface area (Å²) in [5.41, 5.74) is 2.53. The first-order valence-corrected chi connectivity index (χ1v) is 6.11. The van der Waals surface area contributed by atoms with Gasteiger partial charge in [0, 0.05) is 6.42 Å². The van der Waals surface area contributed by atoms with Crippen LogP contribution in [0, 0.1) is 6.92 Å². The molecular formula is C14H17NO3. The van der Waals surface area contributed by atoms with Crippen molar-refractivity contribution < 1.29 is 14.6 Å². The molecule has 1 aromatic carbocycles. The second-order valence-electron chi connectivity index (χ2n) is 4.51. The van der Waals surface area contributed by atoms with Crippen LogP contribution in [-0.4, -0.2) is 29.6 Å². The number of carboxylic acid groups (broad SMARTS) is 1. The summed E-state index contributed by atoms with van der Waals surface area (Å²) in [6, 6.07) is 8.34. The van der Waals surface area contributed by atoms with Gasteiger partial charge < -0.3 is 9.84 Å². The van der Waals surface area contributed by atoms with Crippen LogP contribution in [0.25, 0.3) is 0 Å². The van der Waals surface area contributed by atoms with Gasteiger partial charge in [-0.15, -0.1) is 0 Å². The second-order valence-corrected chi connectivity index (χ2v) is 4.51. The fraction of sp³-hybridized carbons (Fsp3) is 0.429. The zero-order valence-corrected chi connectivity index (χ0v) is 10.4. The average Bonchev–Trinajstić information content (AvgIpc) is 2.77. The Morgan fingerprint density at radius 1 is 1.50 bits per heavy atom. The van der Waals surface area contributed by atoms with E-state index >= 15 is 0 Å². The van der Waals surface area contributed by atoms with Gasteiger partial charge in [0.15, 0.2) is 5.90 Å². The molecule has 4 nitrogen and oxygen atoms in total. The summed E-state index contributed by atoms with van der Waals surface area (Å²) in [7, 11) is 0. The molecule has 0 saturated heterocycles. The summed E-state index contributed by atoms with van der Waals surface area (Å²) < 4.78 is 5.41. The maximum absolute atomic E-state index is 10.5. The molecule has 1 aromatic rings. The van der Waals surface area contributed by atoms with Crippen LogP contribution in [0.15, 0.2) is 29.3 Å². The normalized spacial score (nSPS) is 18.3. The van der Waals surface area contributed by atoms with Crippen LogP contribution in [0.1, 0.15) is 24.0 Å². The molecule has 1 N–H and O–H groups in total. The SMILES string of the molecule is Cc1ccccc1CC1COC(CCC(=O)O)=N1. The number of hydrogen-bond donors (Lipinski definition) is 1. The maximum Gasteiger partial charge on any atom is 0.303 e. The fourth-order valence-corrected chi connectivity index (χ4v) is 2.02. The van der Waals surface area contributed by atoms with Gasteiger partial charge in [-0.2, -0.15) is 0 Å². The lowest BCUT2D eigenvalue weighted by Crippen LogP contribution is -2.10. The highest BCUT2D eigenvalue weighted by Gasteiger charge is 2.20. The molecule has 0 fully saturated rings. The van der Waals surface area contributed by atoms with E-state index in [1.165, 1.54) is 11.1 Å². The van der Waals surface area contributed by atoms with E-state index in [1.807, 2.05) is 12.1 Å². The van der Waals surface area contributed by atoms with Crippen LogP contribution in [0.2, 0.25) is 0 Å². The Kier molecular flexibility index (Phi) is 3.97. The fourth-order valence-electron chi connectivity index (χ4n) is 2.02. The van der Waals surface area contributed by atoms with Gasteiger partial charge in [-0.3, -0.25) is 4.79 Å². The summed E-state index contributed by atoms with van der Waals surface area (Å²) in [5.74, 6) is -0.236. The smallest absolute Gasteiger partial charge is 0.303 e. The summed E-state index contributed by atoms with van der Waals surface area (Å²) in [5, 5.41) is 8.60. The van der Waals surface area contributed by atoms with Crippen LogP contribution in [-0.2, 0) is 16.0 Å². The number of carboxylic acids is 1. The van der Waals surface area contributed by atoms with Crippen LogP contribution >= 0.6 is 0 Å². The number of nitrogens with zero attached hydrogens (tertiary/aromatic N) is 1. The van der Waals surface area contributed by atoms with E-state index in [0.29, 0.717) is 18.9 Å². The lowest BCUT2D eigenvalue weighted by Gasteiger charge is -2.07. The van der Waals surface area contributed by atoms with Gasteiger partial charge in [-0.05, 0) is 24.5 Å². The van der Waals surface area contributed by atoms with E-state index in [9.17, 15) is 4.79 Å². The van der Waals surface area contributed by atoms with Gasteiger partial charge >= 0.3 is 5.97 Å². The molecule has 1 aliphatic rings. The molecule has 18 heavy (non-hydrogen) atoms. The van der Waals surface area contributed by atoms with Crippen molar-refractivity contribution in [3.05, 3.63) is 35.4 Å². The third kappa shape index (κ3) is 3.32. The minimum Gasteiger partial charge on any atom is -0.481 e. The summed E-state index contributed by atoms with van der Waals surface area (Å²) in [4.78, 5) is 14.9. The predicted octanol–water partition coefficient (Wildman–Crippen LogP) is 2.20. The summed E-state index contributed by atoms with van der Waals surface area (Å²) in [6.45, 7) is 2.64. The molecule has 1 atom stereocenters. The third-order valence-corrected chi connectivity index (χ3v) is 3.04. The summed E-state index contributed by atoms with van der Waals surface area (Å²) >= 11 is 0. The van der Waals surface area contributed by atoms with Gasteiger partial charge in [0.2, 0.25) is 0 Å². The molecule has 96 valence electrons. The first kappa shape index (κ1) is 12.6. The van der Waals surface area contributed by atoms with Crippen molar-refractivity contribution in [2.75, 3.05) is 6.61 Å². The highest BCUT2D eigenvalue weighted by molar-refractivity contribution is 5.81. The molecule has 0 bridgehead atoms. The molecular weight excluding hydrogens is 230 g/mol. The molecule has 1 aliphatic heterocycles. The van der Waals surface area contributed by atoms with E-state index in [2.05, 4.69) is 24.0 Å². The van der Waals surface area contributed by atoms with Crippen LogP contribution < -0.4 is 0 Å². The highest BCUT2D eigenvalue weighted by Crippen LogP contribution is 2.16. The van der Waals surface area contributed by atoms with Gasteiger partial charge in [0.25, 0.3) is 0 Å². The van der Waals surface area contributed by atoms with Crippen LogP contribution in [0.3, 0.4) is 0 Å². The molecule has 1 unspecified atom stereocenters. The van der Waals surface area contributed by atoms with E-state index in [1.54, 1.807) is 0 Å². The van der Waals surface area contributed by atoms with Crippen molar-refractivity contribution >= 4 is 11.9 Å². The van der Waals surface area contributed by atoms with Gasteiger partial charge in [0.1, 0.15) is 6.61 Å². The largest absolute Gasteiger partial charge is 0.481 e. The van der Waals surface area contributed by atoms with E-state index in [4.69, 9.17) is 9.84 Å². The number of aliphatic imine (C=N–C) groups is 1. The van der Waals surface area contributed by atoms with Crippen molar-refractivity contribution in [1.29, 1.82) is 0 Å². The Morgan fingerprint density at radius 3 is 3.00 bits per heavy atom. The van der Waals surface area contributed by atoms with Crippen molar-refractivity contribution in [2.24, 2.45) is 4.99 Å². The Bertz CT molecular complexity index is 468. The third-order valence-electron chi connectivity index (χ3n) is 3.04. The number of carbonyl (C=O) groups is 1. The first-order chi connectivity index (χ1) is 8.65. The zero-order chi connectivity index (χ0) is 13.0. The number of ether oxygens (including phenoxy) is 1. The number of hydrogen-bond acceptors (Lipinski definition) is 3. The summed E-state index contributed by atoms with van der Waals surface area (Å²) in [6.07, 6.45) is 1.32. The van der Waals surface area contributed by atoms with E-state index in [-0.39, 0.29) is 12.5 Å². The number of aryl methyl sites for hydroxylation is 1.